The van der Waals surface area contributed by atoms with Crippen molar-refractivity contribution >= 4 is 17.5 Å². The van der Waals surface area contributed by atoms with Gasteiger partial charge < -0.3 is 20.4 Å². The third-order valence-electron chi connectivity index (χ3n) is 4.45. The van der Waals surface area contributed by atoms with E-state index in [1.165, 1.54) is 30.4 Å². The van der Waals surface area contributed by atoms with E-state index < -0.39 is 11.8 Å². The first-order chi connectivity index (χ1) is 11.0. The highest BCUT2D eigenvalue weighted by molar-refractivity contribution is 6.35. The Bertz CT molecular complexity index is 536. The van der Waals surface area contributed by atoms with Crippen LogP contribution in [0.25, 0.3) is 0 Å². The van der Waals surface area contributed by atoms with Gasteiger partial charge in [-0.3, -0.25) is 9.59 Å². The second-order valence-electron chi connectivity index (χ2n) is 6.19. The van der Waals surface area contributed by atoms with E-state index in [2.05, 4.69) is 39.8 Å². The van der Waals surface area contributed by atoms with E-state index in [9.17, 15) is 9.59 Å². The lowest BCUT2D eigenvalue weighted by atomic mass is 10.0. The Balaban J connectivity index is 2.10. The fraction of sp³-hybridized carbons (Fsp3) is 0.529. The van der Waals surface area contributed by atoms with Crippen LogP contribution >= 0.6 is 0 Å². The first-order valence-corrected chi connectivity index (χ1v) is 8.14. The van der Waals surface area contributed by atoms with Crippen LogP contribution in [0.5, 0.6) is 0 Å². The Morgan fingerprint density at radius 2 is 1.74 bits per heavy atom. The summed E-state index contributed by atoms with van der Waals surface area (Å²) in [6, 6.07) is 8.62. The Hall–Kier alpha value is -2.08. The third kappa shape index (κ3) is 4.45. The summed E-state index contributed by atoms with van der Waals surface area (Å²) in [5.41, 5.74) is 2.35. The van der Waals surface area contributed by atoms with E-state index in [0.29, 0.717) is 6.54 Å². The monoisotopic (exact) mass is 319 g/mol. The quantitative estimate of drug-likeness (QED) is 0.631. The zero-order chi connectivity index (χ0) is 16.8. The molecule has 0 aromatic heterocycles. The molecular formula is C17H27N4O2+. The number of nitrogens with one attached hydrogen (secondary N) is 3. The molecule has 0 unspecified atom stereocenters. The lowest BCUT2D eigenvalue weighted by Gasteiger charge is -2.25. The Morgan fingerprint density at radius 1 is 1.13 bits per heavy atom. The maximum absolute atomic E-state index is 11.7. The van der Waals surface area contributed by atoms with Crippen LogP contribution in [0.4, 0.5) is 5.69 Å². The standard InChI is InChI=1S/C17H26N4O2/c1-18-16(22)17(23)19-12-15(21-10-4-5-11-21)13-6-8-14(9-7-13)20(2)3/h6-9,15H,4-5,10-12H2,1-3H3,(H,18,22)(H,19,23)/p+1/t15-/m0/s1. The van der Waals surface area contributed by atoms with Crippen molar-refractivity contribution in [3.63, 3.8) is 0 Å². The van der Waals surface area contributed by atoms with Gasteiger partial charge >= 0.3 is 11.8 Å². The first-order valence-electron chi connectivity index (χ1n) is 8.14. The number of anilines is 1. The zero-order valence-corrected chi connectivity index (χ0v) is 14.2. The summed E-state index contributed by atoms with van der Waals surface area (Å²) in [6.45, 7) is 2.69. The highest BCUT2D eigenvalue weighted by Crippen LogP contribution is 2.17. The number of quaternary nitrogens is 1. The summed E-state index contributed by atoms with van der Waals surface area (Å²) >= 11 is 0. The molecule has 1 aromatic carbocycles. The molecular weight excluding hydrogens is 292 g/mol. The highest BCUT2D eigenvalue weighted by atomic mass is 16.2. The molecule has 126 valence electrons. The van der Waals surface area contributed by atoms with Crippen LogP contribution in [0, 0.1) is 0 Å². The number of hydrogen-bond donors (Lipinski definition) is 3. The van der Waals surface area contributed by atoms with Gasteiger partial charge in [0.15, 0.2) is 0 Å². The molecule has 0 radical (unpaired) electrons. The van der Waals surface area contributed by atoms with Crippen LogP contribution < -0.4 is 20.4 Å². The van der Waals surface area contributed by atoms with E-state index in [1.54, 1.807) is 0 Å². The molecule has 0 aliphatic carbocycles. The molecule has 2 rings (SSSR count). The van der Waals surface area contributed by atoms with Gasteiger partial charge in [0.1, 0.15) is 6.04 Å². The lowest BCUT2D eigenvalue weighted by Crippen LogP contribution is -3.11. The molecule has 6 nitrogen and oxygen atoms in total. The SMILES string of the molecule is CNC(=O)C(=O)NC[C@@H](c1ccc(N(C)C)cc1)[NH+]1CCCC1. The molecule has 1 aliphatic rings. The van der Waals surface area contributed by atoms with Crippen molar-refractivity contribution in [1.29, 1.82) is 0 Å². The van der Waals surface area contributed by atoms with Crippen LogP contribution in [0.3, 0.4) is 0 Å². The average Bonchev–Trinajstić information content (AvgIpc) is 3.08. The first kappa shape index (κ1) is 17.3. The molecule has 1 saturated heterocycles. The van der Waals surface area contributed by atoms with Gasteiger partial charge in [0.25, 0.3) is 0 Å². The van der Waals surface area contributed by atoms with E-state index in [-0.39, 0.29) is 6.04 Å². The van der Waals surface area contributed by atoms with E-state index in [4.69, 9.17) is 0 Å². The number of nitrogens with zero attached hydrogens (tertiary/aromatic N) is 1. The largest absolute Gasteiger partial charge is 0.378 e. The fourth-order valence-electron chi connectivity index (χ4n) is 3.07. The van der Waals surface area contributed by atoms with E-state index in [1.807, 2.05) is 14.1 Å². The van der Waals surface area contributed by atoms with Crippen molar-refractivity contribution in [2.45, 2.75) is 18.9 Å². The normalized spacial score (nSPS) is 16.0. The number of carbonyl (C=O) groups is 2. The number of rotatable bonds is 5. The van der Waals surface area contributed by atoms with Gasteiger partial charge in [-0.1, -0.05) is 12.1 Å². The number of carbonyl (C=O) groups excluding carboxylic acids is 2. The van der Waals surface area contributed by atoms with Crippen molar-refractivity contribution in [2.75, 3.05) is 45.7 Å². The number of likely N-dealkylation sites (tertiary alicyclic amines) is 1. The van der Waals surface area contributed by atoms with E-state index >= 15 is 0 Å². The molecule has 1 heterocycles. The molecule has 1 fully saturated rings. The van der Waals surface area contributed by atoms with Gasteiger partial charge in [0, 0.05) is 45.2 Å². The fourth-order valence-corrected chi connectivity index (χ4v) is 3.07. The summed E-state index contributed by atoms with van der Waals surface area (Å²) in [6.07, 6.45) is 2.43. The molecule has 1 aliphatic heterocycles. The highest BCUT2D eigenvalue weighted by Gasteiger charge is 2.28. The Kier molecular flexibility index (Phi) is 5.98. The van der Waals surface area contributed by atoms with E-state index in [0.717, 1.165) is 18.8 Å². The number of likely N-dealkylation sites (N-methyl/N-ethyl adjacent to an activating group) is 1. The molecule has 2 amide bonds. The average molecular weight is 319 g/mol. The van der Waals surface area contributed by atoms with Gasteiger partial charge in [0.05, 0.1) is 19.6 Å². The van der Waals surface area contributed by atoms with Gasteiger partial charge in [-0.15, -0.1) is 0 Å². The smallest absolute Gasteiger partial charge is 0.309 e. The van der Waals surface area contributed by atoms with Gasteiger partial charge in [-0.25, -0.2) is 0 Å². The molecule has 23 heavy (non-hydrogen) atoms. The summed E-state index contributed by atoms with van der Waals surface area (Å²) in [7, 11) is 5.49. The summed E-state index contributed by atoms with van der Waals surface area (Å²) in [4.78, 5) is 26.6. The zero-order valence-electron chi connectivity index (χ0n) is 14.2. The lowest BCUT2D eigenvalue weighted by molar-refractivity contribution is -0.918. The van der Waals surface area contributed by atoms with Crippen molar-refractivity contribution in [1.82, 2.24) is 10.6 Å². The summed E-state index contributed by atoms with van der Waals surface area (Å²) in [5.74, 6) is -1.16. The minimum absolute atomic E-state index is 0.183. The predicted molar refractivity (Wildman–Crippen MR) is 90.5 cm³/mol. The summed E-state index contributed by atoms with van der Waals surface area (Å²) in [5, 5.41) is 5.12. The molecule has 0 saturated carbocycles. The molecule has 3 N–H and O–H groups in total. The number of benzene rings is 1. The predicted octanol–water partition coefficient (Wildman–Crippen LogP) is -0.665. The maximum atomic E-state index is 11.7. The Labute approximate surface area is 137 Å². The molecule has 0 spiro atoms. The molecule has 1 atom stereocenters. The molecule has 1 aromatic rings. The van der Waals surface area contributed by atoms with Gasteiger partial charge in [-0.2, -0.15) is 0 Å². The molecule has 6 heteroatoms. The van der Waals surface area contributed by atoms with Crippen molar-refractivity contribution in [3.8, 4) is 0 Å². The van der Waals surface area contributed by atoms with Crippen LogP contribution in [-0.4, -0.2) is 52.6 Å². The summed E-state index contributed by atoms with van der Waals surface area (Å²) < 4.78 is 0. The van der Waals surface area contributed by atoms with Crippen molar-refractivity contribution < 1.29 is 14.5 Å². The minimum Gasteiger partial charge on any atom is -0.378 e. The van der Waals surface area contributed by atoms with Crippen LogP contribution in [-0.2, 0) is 9.59 Å². The van der Waals surface area contributed by atoms with Crippen molar-refractivity contribution in [3.05, 3.63) is 29.8 Å². The van der Waals surface area contributed by atoms with Crippen LogP contribution in [0.1, 0.15) is 24.4 Å². The second-order valence-corrected chi connectivity index (χ2v) is 6.19. The minimum atomic E-state index is -0.594. The van der Waals surface area contributed by atoms with Crippen LogP contribution in [0.2, 0.25) is 0 Å². The number of amides is 2. The van der Waals surface area contributed by atoms with Crippen LogP contribution in [0.15, 0.2) is 24.3 Å². The van der Waals surface area contributed by atoms with Gasteiger partial charge in [0.2, 0.25) is 0 Å². The second kappa shape index (κ2) is 7.97. The van der Waals surface area contributed by atoms with Crippen molar-refractivity contribution in [2.24, 2.45) is 0 Å². The Morgan fingerprint density at radius 3 is 2.26 bits per heavy atom. The maximum Gasteiger partial charge on any atom is 0.309 e. The van der Waals surface area contributed by atoms with Gasteiger partial charge in [-0.05, 0) is 12.1 Å². The topological polar surface area (TPSA) is 65.9 Å². The number of hydrogen-bond acceptors (Lipinski definition) is 3. The molecule has 0 bridgehead atoms. The third-order valence-corrected chi connectivity index (χ3v) is 4.45.